The lowest BCUT2D eigenvalue weighted by atomic mass is 9.72. The summed E-state index contributed by atoms with van der Waals surface area (Å²) in [5.74, 6) is 0.927. The van der Waals surface area contributed by atoms with Crippen LogP contribution in [0.1, 0.15) is 41.0 Å². The summed E-state index contributed by atoms with van der Waals surface area (Å²) in [4.78, 5) is 0. The number of fused-ring (bicyclic) bond motifs is 1. The van der Waals surface area contributed by atoms with Crippen molar-refractivity contribution in [2.45, 2.75) is 31.1 Å². The second-order valence-electron chi connectivity index (χ2n) is 9.06. The normalized spacial score (nSPS) is 24.7. The van der Waals surface area contributed by atoms with Crippen LogP contribution in [0.5, 0.6) is 0 Å². The lowest BCUT2D eigenvalue weighted by Crippen LogP contribution is -2.32. The van der Waals surface area contributed by atoms with E-state index in [9.17, 15) is 4.39 Å². The quantitative estimate of drug-likeness (QED) is 0.455. The van der Waals surface area contributed by atoms with E-state index in [-0.39, 0.29) is 11.2 Å². The Morgan fingerprint density at radius 1 is 1.10 bits per heavy atom. The minimum absolute atomic E-state index is 0.108. The molecule has 158 valence electrons. The molecule has 31 heavy (non-hydrogen) atoms. The molecule has 0 radical (unpaired) electrons. The second kappa shape index (κ2) is 7.93. The zero-order valence-corrected chi connectivity index (χ0v) is 17.8. The molecule has 2 fully saturated rings. The van der Waals surface area contributed by atoms with Gasteiger partial charge in [0.2, 0.25) is 0 Å². The smallest absolute Gasteiger partial charge is 0.123 e. The number of nitrogens with one attached hydrogen (secondary N) is 3. The zero-order chi connectivity index (χ0) is 21.4. The average Bonchev–Trinajstić information content (AvgIpc) is 3.34. The molecular weight excluding hydrogens is 385 g/mol. The van der Waals surface area contributed by atoms with Crippen LogP contribution in [0.25, 0.3) is 0 Å². The Hall–Kier alpha value is -2.98. The van der Waals surface area contributed by atoms with Gasteiger partial charge >= 0.3 is 0 Å². The number of benzene rings is 3. The molecule has 1 heterocycles. The summed E-state index contributed by atoms with van der Waals surface area (Å²) in [7, 11) is 0. The molecule has 3 atom stereocenters. The van der Waals surface area contributed by atoms with Gasteiger partial charge < -0.3 is 16.0 Å². The van der Waals surface area contributed by atoms with Crippen molar-refractivity contribution in [2.24, 2.45) is 5.92 Å². The van der Waals surface area contributed by atoms with E-state index in [1.165, 1.54) is 41.5 Å². The summed E-state index contributed by atoms with van der Waals surface area (Å²) in [6.07, 6.45) is 3.76. The van der Waals surface area contributed by atoms with Crippen LogP contribution >= 0.6 is 0 Å². The van der Waals surface area contributed by atoms with Gasteiger partial charge in [0, 0.05) is 35.1 Å². The molecule has 1 saturated heterocycles. The van der Waals surface area contributed by atoms with Crippen LogP contribution in [0.15, 0.2) is 66.7 Å². The molecule has 5 rings (SSSR count). The average molecular weight is 414 g/mol. The van der Waals surface area contributed by atoms with Gasteiger partial charge in [-0.3, -0.25) is 0 Å². The van der Waals surface area contributed by atoms with Crippen molar-refractivity contribution in [3.8, 4) is 0 Å². The molecule has 3 nitrogen and oxygen atoms in total. The number of rotatable bonds is 5. The fourth-order valence-corrected chi connectivity index (χ4v) is 5.81. The monoisotopic (exact) mass is 413 g/mol. The van der Waals surface area contributed by atoms with Crippen molar-refractivity contribution >= 4 is 17.6 Å². The molecule has 1 aliphatic heterocycles. The topological polar surface area (TPSA) is 47.9 Å². The van der Waals surface area contributed by atoms with Crippen LogP contribution in [0.2, 0.25) is 0 Å². The molecule has 4 heteroatoms. The maximum absolute atomic E-state index is 13.3. The van der Waals surface area contributed by atoms with Gasteiger partial charge in [-0.15, -0.1) is 0 Å². The summed E-state index contributed by atoms with van der Waals surface area (Å²) in [6.45, 7) is 4.22. The minimum Gasteiger partial charge on any atom is -0.355 e. The predicted octanol–water partition coefficient (Wildman–Crippen LogP) is 5.91. The summed E-state index contributed by atoms with van der Waals surface area (Å²) >= 11 is 0. The van der Waals surface area contributed by atoms with Gasteiger partial charge in [-0.05, 0) is 91.2 Å². The Morgan fingerprint density at radius 2 is 1.87 bits per heavy atom. The molecule has 0 aromatic heterocycles. The molecule has 1 saturated carbocycles. The fourth-order valence-electron chi connectivity index (χ4n) is 5.81. The van der Waals surface area contributed by atoms with Crippen LogP contribution in [0.3, 0.4) is 0 Å². The Kier molecular flexibility index (Phi) is 5.11. The Bertz CT molecular complexity index is 1090. The van der Waals surface area contributed by atoms with E-state index < -0.39 is 0 Å². The van der Waals surface area contributed by atoms with Gasteiger partial charge in [0.05, 0.1) is 0 Å². The minimum atomic E-state index is -0.252. The van der Waals surface area contributed by atoms with Gasteiger partial charge in [0.25, 0.3) is 0 Å². The number of hydrogen-bond acceptors (Lipinski definition) is 3. The summed E-state index contributed by atoms with van der Waals surface area (Å²) in [6, 6.07) is 21.6. The van der Waals surface area contributed by atoms with Crippen LogP contribution < -0.4 is 10.6 Å². The molecule has 0 spiro atoms. The van der Waals surface area contributed by atoms with E-state index in [4.69, 9.17) is 5.41 Å². The third-order valence-corrected chi connectivity index (χ3v) is 7.27. The fraction of sp³-hybridized carbons (Fsp3) is 0.296. The molecule has 2 aliphatic rings. The Labute approximate surface area is 183 Å². The van der Waals surface area contributed by atoms with E-state index in [2.05, 4.69) is 60.0 Å². The predicted molar refractivity (Wildman–Crippen MR) is 125 cm³/mol. The van der Waals surface area contributed by atoms with Gasteiger partial charge in [0.15, 0.2) is 0 Å². The largest absolute Gasteiger partial charge is 0.355 e. The van der Waals surface area contributed by atoms with E-state index in [1.807, 2.05) is 0 Å². The van der Waals surface area contributed by atoms with Crippen molar-refractivity contribution < 1.29 is 4.39 Å². The highest BCUT2D eigenvalue weighted by molar-refractivity contribution is 5.88. The number of aryl methyl sites for hydroxylation is 1. The van der Waals surface area contributed by atoms with E-state index in [0.29, 0.717) is 11.8 Å². The zero-order valence-electron chi connectivity index (χ0n) is 17.8. The SMILES string of the molecule is Cc1cc(Nc2ccc(F)cc2)c(C=N)cc1C12CNCC1CC(c1ccccc1)C2. The molecule has 0 bridgehead atoms. The van der Waals surface area contributed by atoms with E-state index in [0.717, 1.165) is 36.4 Å². The van der Waals surface area contributed by atoms with Crippen LogP contribution in [0.4, 0.5) is 15.8 Å². The molecule has 3 aromatic rings. The van der Waals surface area contributed by atoms with Gasteiger partial charge in [-0.1, -0.05) is 30.3 Å². The van der Waals surface area contributed by atoms with Gasteiger partial charge in [-0.25, -0.2) is 4.39 Å². The highest BCUT2D eigenvalue weighted by atomic mass is 19.1. The molecule has 3 aromatic carbocycles. The number of anilines is 2. The number of hydrogen-bond donors (Lipinski definition) is 3. The molecule has 0 amide bonds. The van der Waals surface area contributed by atoms with E-state index >= 15 is 0 Å². The van der Waals surface area contributed by atoms with Crippen molar-refractivity contribution in [3.63, 3.8) is 0 Å². The summed E-state index contributed by atoms with van der Waals surface area (Å²) in [5, 5.41) is 15.1. The van der Waals surface area contributed by atoms with Crippen molar-refractivity contribution in [3.05, 3.63) is 94.8 Å². The first-order valence-corrected chi connectivity index (χ1v) is 11.0. The molecule has 1 aliphatic carbocycles. The molecule has 3 unspecified atom stereocenters. The summed E-state index contributed by atoms with van der Waals surface area (Å²) < 4.78 is 13.3. The maximum atomic E-state index is 13.3. The molecule has 3 N–H and O–H groups in total. The van der Waals surface area contributed by atoms with Gasteiger partial charge in [0.1, 0.15) is 5.82 Å². The van der Waals surface area contributed by atoms with Crippen LogP contribution in [0, 0.1) is 24.1 Å². The third-order valence-electron chi connectivity index (χ3n) is 7.27. The standard InChI is InChI=1S/C27H28FN3/c1-18-11-26(31-24-9-7-23(28)8-10-24)21(15-29)13-25(18)27-14-20(12-22(27)16-30-17-27)19-5-3-2-4-6-19/h2-11,13,15,20,22,29-31H,12,14,16-17H2,1H3. The Morgan fingerprint density at radius 3 is 2.61 bits per heavy atom. The van der Waals surface area contributed by atoms with Gasteiger partial charge in [-0.2, -0.15) is 0 Å². The van der Waals surface area contributed by atoms with Crippen molar-refractivity contribution in [2.75, 3.05) is 18.4 Å². The summed E-state index contributed by atoms with van der Waals surface area (Å²) in [5.41, 5.74) is 6.74. The third kappa shape index (κ3) is 3.55. The maximum Gasteiger partial charge on any atom is 0.123 e. The first-order chi connectivity index (χ1) is 15.1. The first-order valence-electron chi connectivity index (χ1n) is 11.0. The lowest BCUT2D eigenvalue weighted by molar-refractivity contribution is 0.399. The van der Waals surface area contributed by atoms with Crippen molar-refractivity contribution in [1.29, 1.82) is 5.41 Å². The lowest BCUT2D eigenvalue weighted by Gasteiger charge is -2.32. The number of halogens is 1. The van der Waals surface area contributed by atoms with Crippen LogP contribution in [-0.2, 0) is 5.41 Å². The highest BCUT2D eigenvalue weighted by Gasteiger charge is 2.51. The highest BCUT2D eigenvalue weighted by Crippen LogP contribution is 2.54. The van der Waals surface area contributed by atoms with Crippen LogP contribution in [-0.4, -0.2) is 19.3 Å². The van der Waals surface area contributed by atoms with Crippen molar-refractivity contribution in [1.82, 2.24) is 5.32 Å². The van der Waals surface area contributed by atoms with E-state index in [1.54, 1.807) is 12.1 Å². The molecular formula is C27H28FN3. The Balaban J connectivity index is 1.50. The first kappa shape index (κ1) is 20.0. The second-order valence-corrected chi connectivity index (χ2v) is 9.06.